The average Bonchev–Trinajstić information content (AvgIpc) is 2.80. The fraction of sp³-hybridized carbons (Fsp3) is 0.625. The second kappa shape index (κ2) is 6.56. The van der Waals surface area contributed by atoms with Crippen molar-refractivity contribution in [1.29, 1.82) is 0 Å². The van der Waals surface area contributed by atoms with Crippen molar-refractivity contribution in [2.75, 3.05) is 19.5 Å². The van der Waals surface area contributed by atoms with Gasteiger partial charge in [-0.05, 0) is 37.8 Å². The summed E-state index contributed by atoms with van der Waals surface area (Å²) in [5.74, 6) is 0.741. The van der Waals surface area contributed by atoms with Crippen LogP contribution in [0.2, 0.25) is 0 Å². The van der Waals surface area contributed by atoms with Crippen LogP contribution in [0.15, 0.2) is 30.3 Å². The van der Waals surface area contributed by atoms with Crippen LogP contribution in [0.3, 0.4) is 0 Å². The Kier molecular flexibility index (Phi) is 4.70. The lowest BCUT2D eigenvalue weighted by Crippen LogP contribution is -2.49. The van der Waals surface area contributed by atoms with Gasteiger partial charge in [0.2, 0.25) is 10.0 Å². The van der Waals surface area contributed by atoms with Gasteiger partial charge in [0, 0.05) is 19.2 Å². The van der Waals surface area contributed by atoms with Gasteiger partial charge in [-0.2, -0.15) is 4.31 Å². The van der Waals surface area contributed by atoms with Gasteiger partial charge >= 0.3 is 0 Å². The minimum absolute atomic E-state index is 0.0343. The van der Waals surface area contributed by atoms with Crippen LogP contribution >= 0.6 is 0 Å². The summed E-state index contributed by atoms with van der Waals surface area (Å²) in [5.41, 5.74) is 0. The Morgan fingerprint density at radius 2 is 1.77 bits per heavy atom. The van der Waals surface area contributed by atoms with Gasteiger partial charge < -0.3 is 9.47 Å². The molecule has 2 fully saturated rings. The van der Waals surface area contributed by atoms with Gasteiger partial charge in [0.15, 0.2) is 0 Å². The van der Waals surface area contributed by atoms with Crippen molar-refractivity contribution in [3.63, 3.8) is 0 Å². The molecule has 122 valence electrons. The molecule has 2 aliphatic rings. The first-order chi connectivity index (χ1) is 10.6. The first-order valence-electron chi connectivity index (χ1n) is 7.82. The number of hydrogen-bond donors (Lipinski definition) is 0. The largest absolute Gasteiger partial charge is 0.492 e. The van der Waals surface area contributed by atoms with Crippen molar-refractivity contribution < 1.29 is 17.9 Å². The number of hydrogen-bond acceptors (Lipinski definition) is 4. The third-order valence-electron chi connectivity index (χ3n) is 4.63. The van der Waals surface area contributed by atoms with Gasteiger partial charge in [-0.3, -0.25) is 0 Å². The molecule has 2 atom stereocenters. The third kappa shape index (κ3) is 3.29. The molecule has 2 bridgehead atoms. The molecule has 0 saturated carbocycles. The Bertz CT molecular complexity index is 575. The minimum atomic E-state index is -3.27. The predicted molar refractivity (Wildman–Crippen MR) is 84.4 cm³/mol. The Hall–Kier alpha value is -1.11. The molecule has 2 aliphatic heterocycles. The zero-order valence-electron chi connectivity index (χ0n) is 12.8. The molecule has 0 amide bonds. The van der Waals surface area contributed by atoms with E-state index in [0.29, 0.717) is 5.75 Å². The Balaban J connectivity index is 1.59. The highest BCUT2D eigenvalue weighted by Crippen LogP contribution is 2.38. The summed E-state index contributed by atoms with van der Waals surface area (Å²) in [4.78, 5) is 0. The number of methoxy groups -OCH3 is 1. The second-order valence-electron chi connectivity index (χ2n) is 6.02. The second-order valence-corrected chi connectivity index (χ2v) is 8.02. The monoisotopic (exact) mass is 325 g/mol. The van der Waals surface area contributed by atoms with Crippen LogP contribution in [0.25, 0.3) is 0 Å². The van der Waals surface area contributed by atoms with E-state index in [2.05, 4.69) is 0 Å². The third-order valence-corrected chi connectivity index (χ3v) is 6.55. The highest BCUT2D eigenvalue weighted by Gasteiger charge is 2.46. The number of benzene rings is 1. The summed E-state index contributed by atoms with van der Waals surface area (Å²) >= 11 is 0. The molecule has 0 radical (unpaired) electrons. The van der Waals surface area contributed by atoms with Crippen LogP contribution in [-0.4, -0.2) is 50.4 Å². The van der Waals surface area contributed by atoms with Gasteiger partial charge in [-0.15, -0.1) is 0 Å². The number of fused-ring (bicyclic) bond motifs is 2. The van der Waals surface area contributed by atoms with Crippen molar-refractivity contribution in [1.82, 2.24) is 4.31 Å². The summed E-state index contributed by atoms with van der Waals surface area (Å²) in [7, 11) is -1.56. The lowest BCUT2D eigenvalue weighted by Gasteiger charge is -2.37. The molecule has 3 rings (SSSR count). The molecule has 1 aromatic rings. The maximum Gasteiger partial charge on any atom is 0.217 e. The summed E-state index contributed by atoms with van der Waals surface area (Å²) in [6.07, 6.45) is 3.72. The molecule has 6 heteroatoms. The quantitative estimate of drug-likeness (QED) is 0.803. The molecular formula is C16H23NO4S. The Morgan fingerprint density at radius 1 is 1.14 bits per heavy atom. The fourth-order valence-electron chi connectivity index (χ4n) is 3.62. The standard InChI is InChI=1S/C16H23NO4S/c1-20-16-11-13-7-8-14(12-16)17(13)22(18,19)10-9-21-15-5-3-2-4-6-15/h2-6,13-14,16H,7-12H2,1H3. The highest BCUT2D eigenvalue weighted by molar-refractivity contribution is 7.89. The van der Waals surface area contributed by atoms with E-state index in [1.165, 1.54) is 0 Å². The number of nitrogens with zero attached hydrogens (tertiary/aromatic N) is 1. The van der Waals surface area contributed by atoms with Crippen molar-refractivity contribution in [3.05, 3.63) is 30.3 Å². The van der Waals surface area contributed by atoms with Crippen molar-refractivity contribution >= 4 is 10.0 Å². The number of ether oxygens (including phenoxy) is 2. The molecule has 0 spiro atoms. The van der Waals surface area contributed by atoms with E-state index in [-0.39, 0.29) is 30.5 Å². The summed E-state index contributed by atoms with van der Waals surface area (Å²) in [6, 6.07) is 9.53. The summed E-state index contributed by atoms with van der Waals surface area (Å²) < 4.78 is 38.0. The fourth-order valence-corrected chi connectivity index (χ4v) is 5.41. The Morgan fingerprint density at radius 3 is 2.36 bits per heavy atom. The van der Waals surface area contributed by atoms with E-state index in [9.17, 15) is 8.42 Å². The van der Waals surface area contributed by atoms with Crippen LogP contribution in [0.4, 0.5) is 0 Å². The van der Waals surface area contributed by atoms with Crippen LogP contribution in [0.1, 0.15) is 25.7 Å². The lowest BCUT2D eigenvalue weighted by molar-refractivity contribution is 0.0348. The van der Waals surface area contributed by atoms with E-state index in [0.717, 1.165) is 25.7 Å². The molecule has 0 N–H and O–H groups in total. The normalized spacial score (nSPS) is 28.7. The average molecular weight is 325 g/mol. The lowest BCUT2D eigenvalue weighted by atomic mass is 10.0. The molecule has 2 heterocycles. The summed E-state index contributed by atoms with van der Waals surface area (Å²) in [5, 5.41) is 0. The van der Waals surface area contributed by atoms with Gasteiger partial charge in [0.05, 0.1) is 11.9 Å². The first-order valence-corrected chi connectivity index (χ1v) is 9.43. The van der Waals surface area contributed by atoms with Gasteiger partial charge in [-0.25, -0.2) is 8.42 Å². The number of piperidine rings is 1. The maximum absolute atomic E-state index is 12.6. The van der Waals surface area contributed by atoms with Crippen LogP contribution < -0.4 is 4.74 Å². The summed E-state index contributed by atoms with van der Waals surface area (Å²) in [6.45, 7) is 0.190. The topological polar surface area (TPSA) is 55.8 Å². The maximum atomic E-state index is 12.6. The van der Waals surface area contributed by atoms with Gasteiger partial charge in [0.25, 0.3) is 0 Å². The first kappa shape index (κ1) is 15.8. The molecule has 0 aliphatic carbocycles. The SMILES string of the molecule is COC1CC2CCC(C1)N2S(=O)(=O)CCOc1ccccc1. The smallest absolute Gasteiger partial charge is 0.217 e. The molecule has 0 aromatic heterocycles. The predicted octanol–water partition coefficient (Wildman–Crippen LogP) is 2.04. The zero-order valence-corrected chi connectivity index (χ0v) is 13.7. The number of rotatable bonds is 6. The zero-order chi connectivity index (χ0) is 15.6. The molecule has 2 saturated heterocycles. The van der Waals surface area contributed by atoms with E-state index < -0.39 is 10.0 Å². The van der Waals surface area contributed by atoms with Crippen LogP contribution in [0.5, 0.6) is 5.75 Å². The van der Waals surface area contributed by atoms with E-state index in [1.54, 1.807) is 11.4 Å². The molecular weight excluding hydrogens is 302 g/mol. The van der Waals surface area contributed by atoms with Gasteiger partial charge in [0.1, 0.15) is 12.4 Å². The van der Waals surface area contributed by atoms with Crippen LogP contribution in [-0.2, 0) is 14.8 Å². The van der Waals surface area contributed by atoms with Crippen LogP contribution in [0, 0.1) is 0 Å². The Labute approximate surface area is 132 Å². The molecule has 5 nitrogen and oxygen atoms in total. The van der Waals surface area contributed by atoms with Crippen molar-refractivity contribution in [2.45, 2.75) is 43.9 Å². The number of sulfonamides is 1. The molecule has 1 aromatic carbocycles. The molecule has 22 heavy (non-hydrogen) atoms. The van der Waals surface area contributed by atoms with E-state index in [4.69, 9.17) is 9.47 Å². The van der Waals surface area contributed by atoms with Crippen molar-refractivity contribution in [3.8, 4) is 5.75 Å². The minimum Gasteiger partial charge on any atom is -0.492 e. The van der Waals surface area contributed by atoms with Crippen molar-refractivity contribution in [2.24, 2.45) is 0 Å². The van der Waals surface area contributed by atoms with E-state index in [1.807, 2.05) is 30.3 Å². The highest BCUT2D eigenvalue weighted by atomic mass is 32.2. The van der Waals surface area contributed by atoms with E-state index >= 15 is 0 Å². The number of para-hydroxylation sites is 1. The molecule has 2 unspecified atom stereocenters. The van der Waals surface area contributed by atoms with Gasteiger partial charge in [-0.1, -0.05) is 18.2 Å².